The van der Waals surface area contributed by atoms with Crippen molar-refractivity contribution >= 4 is 23.8 Å². The second-order valence-electron chi connectivity index (χ2n) is 7.90. The van der Waals surface area contributed by atoms with Gasteiger partial charge in [0.2, 0.25) is 5.91 Å². The molecule has 2 unspecified atom stereocenters. The SMILES string of the molecule is C[C@@H](NC(O)C(Cc1ccccc1)(SN=O)c1ccccc1)C(=O)N1CCC[C@H]1C(=O)O. The molecule has 3 rings (SSSR count). The van der Waals surface area contributed by atoms with Gasteiger partial charge in [-0.05, 0) is 37.3 Å². The zero-order valence-corrected chi connectivity index (χ0v) is 18.6. The fraction of sp³-hybridized carbons (Fsp3) is 0.391. The molecule has 1 fully saturated rings. The van der Waals surface area contributed by atoms with Gasteiger partial charge in [0, 0.05) is 23.1 Å². The summed E-state index contributed by atoms with van der Waals surface area (Å²) >= 11 is 0.709. The fourth-order valence-electron chi connectivity index (χ4n) is 4.16. The summed E-state index contributed by atoms with van der Waals surface area (Å²) in [5.41, 5.74) is 1.57. The first-order valence-corrected chi connectivity index (χ1v) is 11.2. The van der Waals surface area contributed by atoms with E-state index in [0.29, 0.717) is 36.9 Å². The number of aliphatic carboxylic acids is 1. The molecule has 0 bridgehead atoms. The molecule has 0 aliphatic carbocycles. The number of carboxylic acid groups (broad SMARTS) is 1. The lowest BCUT2D eigenvalue weighted by Crippen LogP contribution is -2.56. The van der Waals surface area contributed by atoms with Crippen molar-refractivity contribution in [2.45, 2.75) is 49.2 Å². The summed E-state index contributed by atoms with van der Waals surface area (Å²) in [5.74, 6) is -1.44. The molecule has 0 saturated carbocycles. The quantitative estimate of drug-likeness (QED) is 0.285. The minimum absolute atomic E-state index is 0.283. The summed E-state index contributed by atoms with van der Waals surface area (Å²) in [4.78, 5) is 37.3. The number of aliphatic hydroxyl groups is 1. The van der Waals surface area contributed by atoms with Crippen LogP contribution < -0.4 is 5.32 Å². The number of amides is 1. The zero-order chi connectivity index (χ0) is 23.1. The molecule has 8 nitrogen and oxygen atoms in total. The average Bonchev–Trinajstić information content (AvgIpc) is 3.29. The predicted octanol–water partition coefficient (Wildman–Crippen LogP) is 2.91. The monoisotopic (exact) mass is 457 g/mol. The fourth-order valence-corrected chi connectivity index (χ4v) is 4.93. The van der Waals surface area contributed by atoms with Gasteiger partial charge in [-0.2, -0.15) is 0 Å². The Morgan fingerprint density at radius 1 is 1.19 bits per heavy atom. The Balaban J connectivity index is 1.89. The Hall–Kier alpha value is -2.75. The minimum Gasteiger partial charge on any atom is -0.480 e. The van der Waals surface area contributed by atoms with Gasteiger partial charge in [-0.3, -0.25) is 10.1 Å². The van der Waals surface area contributed by atoms with Gasteiger partial charge in [0.15, 0.2) is 0 Å². The van der Waals surface area contributed by atoms with Crippen molar-refractivity contribution in [1.29, 1.82) is 0 Å². The molecule has 9 heteroatoms. The van der Waals surface area contributed by atoms with Crippen LogP contribution in [0.3, 0.4) is 0 Å². The number of carboxylic acids is 1. The molecule has 4 atom stereocenters. The number of likely N-dealkylation sites (tertiary alicyclic amines) is 1. The first-order valence-electron chi connectivity index (χ1n) is 10.5. The van der Waals surface area contributed by atoms with Crippen LogP contribution in [-0.4, -0.2) is 51.8 Å². The maximum Gasteiger partial charge on any atom is 0.326 e. The van der Waals surface area contributed by atoms with Crippen LogP contribution in [0.4, 0.5) is 0 Å². The van der Waals surface area contributed by atoms with Crippen molar-refractivity contribution in [3.05, 3.63) is 76.7 Å². The normalized spacial score (nSPS) is 19.7. The Bertz CT molecular complexity index is 930. The number of nitrogens with zero attached hydrogens (tertiary/aromatic N) is 2. The van der Waals surface area contributed by atoms with E-state index in [-0.39, 0.29) is 6.42 Å². The van der Waals surface area contributed by atoms with Crippen LogP contribution in [0.15, 0.2) is 65.2 Å². The Labute approximate surface area is 191 Å². The Morgan fingerprint density at radius 3 is 2.41 bits per heavy atom. The number of carbonyl (C=O) groups excluding carboxylic acids is 1. The van der Waals surface area contributed by atoms with Gasteiger partial charge in [-0.25, -0.2) is 4.79 Å². The van der Waals surface area contributed by atoms with Crippen LogP contribution in [-0.2, 0) is 20.8 Å². The molecule has 0 aromatic heterocycles. The molecule has 32 heavy (non-hydrogen) atoms. The van der Waals surface area contributed by atoms with Crippen LogP contribution in [0.5, 0.6) is 0 Å². The van der Waals surface area contributed by atoms with E-state index in [2.05, 4.69) is 9.90 Å². The summed E-state index contributed by atoms with van der Waals surface area (Å²) in [6, 6.07) is 16.7. The lowest BCUT2D eigenvalue weighted by Gasteiger charge is -2.37. The molecule has 1 aliphatic rings. The molecule has 3 N–H and O–H groups in total. The van der Waals surface area contributed by atoms with E-state index in [4.69, 9.17) is 0 Å². The third-order valence-corrected chi connectivity index (χ3v) is 6.82. The first-order chi connectivity index (χ1) is 15.4. The highest BCUT2D eigenvalue weighted by Crippen LogP contribution is 2.43. The van der Waals surface area contributed by atoms with Gasteiger partial charge in [-0.15, -0.1) is 4.91 Å². The van der Waals surface area contributed by atoms with Crippen molar-refractivity contribution in [1.82, 2.24) is 10.2 Å². The van der Waals surface area contributed by atoms with Gasteiger partial charge >= 0.3 is 5.97 Å². The molecule has 1 amide bonds. The molecule has 0 spiro atoms. The minimum atomic E-state index is -1.32. The lowest BCUT2D eigenvalue weighted by molar-refractivity contribution is -0.149. The third-order valence-electron chi connectivity index (χ3n) is 5.81. The van der Waals surface area contributed by atoms with Gasteiger partial charge in [0.25, 0.3) is 0 Å². The average molecular weight is 458 g/mol. The van der Waals surface area contributed by atoms with Crippen molar-refractivity contribution in [2.24, 2.45) is 4.58 Å². The second-order valence-corrected chi connectivity index (χ2v) is 8.96. The maximum absolute atomic E-state index is 13.0. The number of benzene rings is 2. The number of nitroso groups, excluding NO2 is 1. The number of aliphatic hydroxyl groups excluding tert-OH is 1. The molecule has 1 aliphatic heterocycles. The second kappa shape index (κ2) is 10.7. The predicted molar refractivity (Wildman–Crippen MR) is 123 cm³/mol. The van der Waals surface area contributed by atoms with Crippen LogP contribution in [0.25, 0.3) is 0 Å². The zero-order valence-electron chi connectivity index (χ0n) is 17.8. The molecular formula is C23H27N3O5S. The van der Waals surface area contributed by atoms with E-state index in [1.54, 1.807) is 19.1 Å². The van der Waals surface area contributed by atoms with E-state index in [0.717, 1.165) is 5.56 Å². The highest BCUT2D eigenvalue weighted by molar-refractivity contribution is 7.98. The van der Waals surface area contributed by atoms with Crippen LogP contribution in [0.1, 0.15) is 30.9 Å². The molecule has 0 radical (unpaired) electrons. The van der Waals surface area contributed by atoms with Crippen LogP contribution in [0.2, 0.25) is 0 Å². The van der Waals surface area contributed by atoms with E-state index in [1.165, 1.54) is 4.90 Å². The summed E-state index contributed by atoms with van der Waals surface area (Å²) in [6.45, 7) is 1.94. The largest absolute Gasteiger partial charge is 0.480 e. The van der Waals surface area contributed by atoms with Crippen molar-refractivity contribution in [2.75, 3.05) is 6.54 Å². The molecule has 1 heterocycles. The summed E-state index contributed by atoms with van der Waals surface area (Å²) in [7, 11) is 0. The summed E-state index contributed by atoms with van der Waals surface area (Å²) < 4.78 is 1.86. The topological polar surface area (TPSA) is 119 Å². The van der Waals surface area contributed by atoms with Crippen molar-refractivity contribution in [3.63, 3.8) is 0 Å². The third kappa shape index (κ3) is 5.17. The number of nitrogens with one attached hydrogen (secondary N) is 1. The Morgan fingerprint density at radius 2 is 1.81 bits per heavy atom. The summed E-state index contributed by atoms with van der Waals surface area (Å²) in [6.07, 6.45) is -0.0172. The standard InChI is InChI=1S/C23H27N3O5S/c1-16(20(27)26-14-8-13-19(26)21(28)29)24-22(30)23(32-25-31,18-11-6-3-7-12-18)15-17-9-4-2-5-10-17/h2-7,9-12,16,19,22,24,30H,8,13-15H2,1H3,(H,28,29)/t16-,19+,22?,23?/m1/s1. The molecular weight excluding hydrogens is 430 g/mol. The maximum atomic E-state index is 13.0. The van der Waals surface area contributed by atoms with Gasteiger partial charge in [-0.1, -0.05) is 60.7 Å². The lowest BCUT2D eigenvalue weighted by atomic mass is 9.89. The van der Waals surface area contributed by atoms with E-state index in [1.807, 2.05) is 48.5 Å². The first kappa shape index (κ1) is 23.9. The number of hydrogen-bond acceptors (Lipinski definition) is 7. The molecule has 1 saturated heterocycles. The van der Waals surface area contributed by atoms with Crippen molar-refractivity contribution in [3.8, 4) is 0 Å². The van der Waals surface area contributed by atoms with E-state index >= 15 is 0 Å². The number of hydrogen-bond donors (Lipinski definition) is 3. The molecule has 170 valence electrons. The van der Waals surface area contributed by atoms with Gasteiger partial charge in [0.1, 0.15) is 17.0 Å². The van der Waals surface area contributed by atoms with Crippen LogP contribution >= 0.6 is 11.9 Å². The Kier molecular flexibility index (Phi) is 8.00. The molecule has 2 aromatic rings. The highest BCUT2D eigenvalue weighted by Gasteiger charge is 2.44. The van der Waals surface area contributed by atoms with Gasteiger partial charge < -0.3 is 15.1 Å². The van der Waals surface area contributed by atoms with E-state index in [9.17, 15) is 24.7 Å². The van der Waals surface area contributed by atoms with Gasteiger partial charge in [0.05, 0.1) is 6.04 Å². The number of rotatable bonds is 10. The number of carbonyl (C=O) groups is 2. The van der Waals surface area contributed by atoms with Crippen LogP contribution in [0, 0.1) is 4.91 Å². The van der Waals surface area contributed by atoms with E-state index < -0.39 is 34.9 Å². The molecule has 2 aromatic carbocycles. The van der Waals surface area contributed by atoms with Crippen molar-refractivity contribution < 1.29 is 19.8 Å². The highest BCUT2D eigenvalue weighted by atomic mass is 32.2. The summed E-state index contributed by atoms with van der Waals surface area (Å²) in [5, 5.41) is 23.6. The smallest absolute Gasteiger partial charge is 0.326 e.